The summed E-state index contributed by atoms with van der Waals surface area (Å²) in [6.45, 7) is 2.76. The minimum atomic E-state index is -2.48. The van der Waals surface area contributed by atoms with E-state index in [-0.39, 0.29) is 5.56 Å². The molecule has 1 aliphatic carbocycles. The summed E-state index contributed by atoms with van der Waals surface area (Å²) in [6.07, 6.45) is -0.206. The first-order valence-electron chi connectivity index (χ1n) is 7.18. The molecule has 2 aromatic rings. The fraction of sp³-hybridized carbons (Fsp3) is 0.375. The van der Waals surface area contributed by atoms with Crippen LogP contribution in [0.4, 0.5) is 14.6 Å². The van der Waals surface area contributed by atoms with Crippen LogP contribution in [0, 0.1) is 0 Å². The van der Waals surface area contributed by atoms with Crippen molar-refractivity contribution in [2.24, 2.45) is 0 Å². The molecule has 1 aromatic carbocycles. The predicted molar refractivity (Wildman–Crippen MR) is 78.6 cm³/mol. The fourth-order valence-corrected chi connectivity index (χ4v) is 2.27. The summed E-state index contributed by atoms with van der Waals surface area (Å²) in [4.78, 5) is 8.99. The van der Waals surface area contributed by atoms with E-state index in [0.717, 1.165) is 30.9 Å². The second-order valence-corrected chi connectivity index (χ2v) is 5.23. The van der Waals surface area contributed by atoms with Gasteiger partial charge in [-0.15, -0.1) is 0 Å². The molecule has 3 rings (SSSR count). The molecule has 0 amide bonds. The standard InChI is InChI=1S/C16H17F2N3/c1-2-19-14-9-13(10-6-7-10)20-16(21-14)12-5-3-4-11(8-12)15(17)18/h3-5,8-10,15H,2,6-7H2,1H3,(H,19,20,21). The van der Waals surface area contributed by atoms with Gasteiger partial charge in [0.2, 0.25) is 0 Å². The van der Waals surface area contributed by atoms with E-state index in [9.17, 15) is 8.78 Å². The molecule has 1 fully saturated rings. The zero-order valence-electron chi connectivity index (χ0n) is 11.8. The van der Waals surface area contributed by atoms with E-state index >= 15 is 0 Å². The second-order valence-electron chi connectivity index (χ2n) is 5.23. The van der Waals surface area contributed by atoms with Crippen LogP contribution in [0.5, 0.6) is 0 Å². The average Bonchev–Trinajstić information content (AvgIpc) is 3.32. The predicted octanol–water partition coefficient (Wildman–Crippen LogP) is 4.39. The minimum absolute atomic E-state index is 0.00192. The third-order valence-electron chi connectivity index (χ3n) is 3.50. The van der Waals surface area contributed by atoms with Crippen LogP contribution in [0.1, 0.15) is 43.4 Å². The highest BCUT2D eigenvalue weighted by Gasteiger charge is 2.26. The summed E-state index contributed by atoms with van der Waals surface area (Å²) in [5.74, 6) is 1.76. The van der Waals surface area contributed by atoms with Gasteiger partial charge in [-0.3, -0.25) is 0 Å². The number of hydrogen-bond acceptors (Lipinski definition) is 3. The topological polar surface area (TPSA) is 37.8 Å². The fourth-order valence-electron chi connectivity index (χ4n) is 2.27. The van der Waals surface area contributed by atoms with Gasteiger partial charge in [0.25, 0.3) is 6.43 Å². The minimum Gasteiger partial charge on any atom is -0.370 e. The van der Waals surface area contributed by atoms with Gasteiger partial charge in [0.15, 0.2) is 5.82 Å². The summed E-state index contributed by atoms with van der Waals surface area (Å²) in [5.41, 5.74) is 1.63. The van der Waals surface area contributed by atoms with Crippen LogP contribution < -0.4 is 5.32 Å². The summed E-state index contributed by atoms with van der Waals surface area (Å²) >= 11 is 0. The summed E-state index contributed by atoms with van der Waals surface area (Å²) < 4.78 is 25.7. The number of halogens is 2. The molecule has 21 heavy (non-hydrogen) atoms. The highest BCUT2D eigenvalue weighted by molar-refractivity contribution is 5.59. The van der Waals surface area contributed by atoms with Gasteiger partial charge in [0.05, 0.1) is 0 Å². The molecular weight excluding hydrogens is 272 g/mol. The van der Waals surface area contributed by atoms with Crippen molar-refractivity contribution in [3.05, 3.63) is 41.6 Å². The molecular formula is C16H17F2N3. The molecule has 0 atom stereocenters. The molecule has 0 bridgehead atoms. The van der Waals surface area contributed by atoms with Crippen LogP contribution in [0.15, 0.2) is 30.3 Å². The number of benzene rings is 1. The van der Waals surface area contributed by atoms with Gasteiger partial charge in [-0.1, -0.05) is 18.2 Å². The maximum atomic E-state index is 12.8. The zero-order valence-corrected chi connectivity index (χ0v) is 11.8. The Kier molecular flexibility index (Phi) is 3.82. The molecule has 1 aromatic heterocycles. The first-order valence-corrected chi connectivity index (χ1v) is 7.18. The maximum Gasteiger partial charge on any atom is 0.263 e. The third kappa shape index (κ3) is 3.17. The largest absolute Gasteiger partial charge is 0.370 e. The first kappa shape index (κ1) is 13.9. The molecule has 1 N–H and O–H groups in total. The van der Waals surface area contributed by atoms with Crippen LogP contribution in [0.3, 0.4) is 0 Å². The highest BCUT2D eigenvalue weighted by atomic mass is 19.3. The quantitative estimate of drug-likeness (QED) is 0.887. The number of alkyl halides is 2. The summed E-state index contributed by atoms with van der Waals surface area (Å²) in [5, 5.41) is 3.18. The summed E-state index contributed by atoms with van der Waals surface area (Å²) in [7, 11) is 0. The summed E-state index contributed by atoms with van der Waals surface area (Å²) in [6, 6.07) is 8.24. The Morgan fingerprint density at radius 3 is 2.71 bits per heavy atom. The molecule has 1 saturated carbocycles. The lowest BCUT2D eigenvalue weighted by molar-refractivity contribution is 0.151. The number of nitrogens with one attached hydrogen (secondary N) is 1. The van der Waals surface area contributed by atoms with E-state index in [0.29, 0.717) is 17.3 Å². The number of nitrogens with zero attached hydrogens (tertiary/aromatic N) is 2. The Morgan fingerprint density at radius 2 is 2.05 bits per heavy atom. The van der Waals surface area contributed by atoms with Crippen molar-refractivity contribution >= 4 is 5.82 Å². The normalized spacial score (nSPS) is 14.5. The maximum absolute atomic E-state index is 12.8. The van der Waals surface area contributed by atoms with E-state index in [1.807, 2.05) is 13.0 Å². The number of anilines is 1. The molecule has 1 heterocycles. The van der Waals surface area contributed by atoms with Crippen molar-refractivity contribution in [3.63, 3.8) is 0 Å². The Labute approximate surface area is 122 Å². The van der Waals surface area contributed by atoms with Gasteiger partial charge in [0, 0.05) is 35.3 Å². The first-order chi connectivity index (χ1) is 10.2. The second kappa shape index (κ2) is 5.76. The Bertz CT molecular complexity index is 639. The van der Waals surface area contributed by atoms with Crippen LogP contribution in [0.2, 0.25) is 0 Å². The van der Waals surface area contributed by atoms with Crippen molar-refractivity contribution in [1.29, 1.82) is 0 Å². The lowest BCUT2D eigenvalue weighted by Gasteiger charge is -2.09. The zero-order chi connectivity index (χ0) is 14.8. The third-order valence-corrected chi connectivity index (χ3v) is 3.50. The van der Waals surface area contributed by atoms with Crippen molar-refractivity contribution in [1.82, 2.24) is 9.97 Å². The van der Waals surface area contributed by atoms with Crippen LogP contribution >= 0.6 is 0 Å². The van der Waals surface area contributed by atoms with Gasteiger partial charge in [-0.05, 0) is 25.8 Å². The number of hydrogen-bond donors (Lipinski definition) is 1. The number of aromatic nitrogens is 2. The molecule has 5 heteroatoms. The SMILES string of the molecule is CCNc1cc(C2CC2)nc(-c2cccc(C(F)F)c2)n1. The van der Waals surface area contributed by atoms with Crippen LogP contribution in [-0.2, 0) is 0 Å². The van der Waals surface area contributed by atoms with Gasteiger partial charge >= 0.3 is 0 Å². The van der Waals surface area contributed by atoms with Crippen molar-refractivity contribution in [2.75, 3.05) is 11.9 Å². The van der Waals surface area contributed by atoms with E-state index in [4.69, 9.17) is 0 Å². The Balaban J connectivity index is 2.01. The van der Waals surface area contributed by atoms with Gasteiger partial charge < -0.3 is 5.32 Å². The van der Waals surface area contributed by atoms with Crippen molar-refractivity contribution < 1.29 is 8.78 Å². The molecule has 3 nitrogen and oxygen atoms in total. The molecule has 0 spiro atoms. The van der Waals surface area contributed by atoms with E-state index in [2.05, 4.69) is 15.3 Å². The molecule has 0 radical (unpaired) electrons. The van der Waals surface area contributed by atoms with E-state index in [1.54, 1.807) is 12.1 Å². The monoisotopic (exact) mass is 289 g/mol. The molecule has 0 aliphatic heterocycles. The Hall–Kier alpha value is -2.04. The van der Waals surface area contributed by atoms with Crippen LogP contribution in [0.25, 0.3) is 11.4 Å². The van der Waals surface area contributed by atoms with Gasteiger partial charge in [-0.25, -0.2) is 18.7 Å². The van der Waals surface area contributed by atoms with Gasteiger partial charge in [-0.2, -0.15) is 0 Å². The van der Waals surface area contributed by atoms with Crippen molar-refractivity contribution in [2.45, 2.75) is 32.1 Å². The Morgan fingerprint density at radius 1 is 1.24 bits per heavy atom. The lowest BCUT2D eigenvalue weighted by atomic mass is 10.1. The van der Waals surface area contributed by atoms with Crippen molar-refractivity contribution in [3.8, 4) is 11.4 Å². The van der Waals surface area contributed by atoms with Crippen LogP contribution in [-0.4, -0.2) is 16.5 Å². The van der Waals surface area contributed by atoms with E-state index in [1.165, 1.54) is 12.1 Å². The number of rotatable bonds is 5. The smallest absolute Gasteiger partial charge is 0.263 e. The molecule has 0 saturated heterocycles. The average molecular weight is 289 g/mol. The lowest BCUT2D eigenvalue weighted by Crippen LogP contribution is -2.04. The van der Waals surface area contributed by atoms with E-state index < -0.39 is 6.43 Å². The molecule has 1 aliphatic rings. The highest BCUT2D eigenvalue weighted by Crippen LogP contribution is 2.40. The molecule has 110 valence electrons. The molecule has 0 unspecified atom stereocenters. The van der Waals surface area contributed by atoms with Gasteiger partial charge in [0.1, 0.15) is 5.82 Å².